The zero-order chi connectivity index (χ0) is 28.0. The summed E-state index contributed by atoms with van der Waals surface area (Å²) in [5, 5.41) is 12.5. The van der Waals surface area contributed by atoms with Crippen LogP contribution in [0.15, 0.2) is 85.0 Å². The second-order valence-corrected chi connectivity index (χ2v) is 9.39. The van der Waals surface area contributed by atoms with Crippen molar-refractivity contribution in [2.75, 3.05) is 13.2 Å². The van der Waals surface area contributed by atoms with Gasteiger partial charge in [-0.1, -0.05) is 101 Å². The van der Waals surface area contributed by atoms with Gasteiger partial charge in [0.05, 0.1) is 6.54 Å². The Morgan fingerprint density at radius 1 is 0.868 bits per heavy atom. The highest BCUT2D eigenvalue weighted by molar-refractivity contribution is 5.92. The quantitative estimate of drug-likeness (QED) is 0.118. The number of aromatic hydroxyl groups is 1. The monoisotopic (exact) mass is 521 g/mol. The number of carbonyl (C=O) groups excluding carboxylic acids is 2. The van der Waals surface area contributed by atoms with Gasteiger partial charge in [0.25, 0.3) is 0 Å². The van der Waals surface area contributed by atoms with Crippen LogP contribution in [0.25, 0.3) is 0 Å². The van der Waals surface area contributed by atoms with E-state index in [1.807, 2.05) is 6.92 Å². The molecule has 2 N–H and O–H groups in total. The van der Waals surface area contributed by atoms with E-state index < -0.39 is 5.97 Å². The first kappa shape index (κ1) is 32.7. The van der Waals surface area contributed by atoms with Gasteiger partial charge in [0, 0.05) is 5.92 Å². The lowest BCUT2D eigenvalue weighted by molar-refractivity contribution is -0.125. The Hall–Kier alpha value is -3.34. The zero-order valence-electron chi connectivity index (χ0n) is 23.6. The number of benzene rings is 1. The minimum absolute atomic E-state index is 0.0483. The van der Waals surface area contributed by atoms with Gasteiger partial charge in [0.1, 0.15) is 17.9 Å². The average molecular weight is 522 g/mol. The first-order valence-corrected chi connectivity index (χ1v) is 13.9. The van der Waals surface area contributed by atoms with Gasteiger partial charge in [0.15, 0.2) is 0 Å². The van der Waals surface area contributed by atoms with Crippen LogP contribution in [0.3, 0.4) is 0 Å². The number of amides is 1. The molecule has 38 heavy (non-hydrogen) atoms. The molecule has 0 bridgehead atoms. The van der Waals surface area contributed by atoms with Crippen molar-refractivity contribution >= 4 is 11.9 Å². The SMILES string of the molecule is CC/C=C\C/C=C\C/C=C\C(C)C(C)/C=C\C/C=C\CC(CC)C(=O)NCCOC(=O)c1ccccc1O. The summed E-state index contributed by atoms with van der Waals surface area (Å²) in [6, 6.07) is 6.22. The smallest absolute Gasteiger partial charge is 0.341 e. The Balaban J connectivity index is 2.27. The van der Waals surface area contributed by atoms with Crippen molar-refractivity contribution in [3.05, 3.63) is 90.6 Å². The van der Waals surface area contributed by atoms with Crippen molar-refractivity contribution in [1.29, 1.82) is 0 Å². The summed E-state index contributed by atoms with van der Waals surface area (Å²) in [5.74, 6) is 0.0466. The first-order chi connectivity index (χ1) is 18.4. The van der Waals surface area contributed by atoms with Crippen LogP contribution in [0.5, 0.6) is 5.75 Å². The third-order valence-electron chi connectivity index (χ3n) is 6.30. The van der Waals surface area contributed by atoms with Gasteiger partial charge in [-0.05, 0) is 62.5 Å². The predicted octanol–water partition coefficient (Wildman–Crippen LogP) is 7.72. The van der Waals surface area contributed by atoms with Crippen molar-refractivity contribution < 1.29 is 19.4 Å². The van der Waals surface area contributed by atoms with Gasteiger partial charge in [-0.25, -0.2) is 4.79 Å². The van der Waals surface area contributed by atoms with Crippen LogP contribution in [0, 0.1) is 17.8 Å². The van der Waals surface area contributed by atoms with E-state index in [9.17, 15) is 14.7 Å². The molecule has 0 saturated heterocycles. The van der Waals surface area contributed by atoms with E-state index in [4.69, 9.17) is 4.74 Å². The number of carbonyl (C=O) groups is 2. The Kier molecular flexibility index (Phi) is 17.8. The van der Waals surface area contributed by atoms with E-state index in [0.717, 1.165) is 32.1 Å². The Morgan fingerprint density at radius 3 is 2.05 bits per heavy atom. The highest BCUT2D eigenvalue weighted by Gasteiger charge is 2.15. The topological polar surface area (TPSA) is 75.6 Å². The van der Waals surface area contributed by atoms with Crippen molar-refractivity contribution in [2.45, 2.75) is 66.2 Å². The normalized spacial score (nSPS) is 14.6. The molecular weight excluding hydrogens is 474 g/mol. The zero-order valence-corrected chi connectivity index (χ0v) is 23.6. The van der Waals surface area contributed by atoms with Gasteiger partial charge in [0.2, 0.25) is 5.91 Å². The van der Waals surface area contributed by atoms with Gasteiger partial charge < -0.3 is 15.2 Å². The second kappa shape index (κ2) is 20.7. The third-order valence-corrected chi connectivity index (χ3v) is 6.30. The second-order valence-electron chi connectivity index (χ2n) is 9.39. The fraction of sp³-hybridized carbons (Fsp3) is 0.455. The molecule has 0 aliphatic rings. The van der Waals surface area contributed by atoms with Gasteiger partial charge in [-0.2, -0.15) is 0 Å². The molecule has 3 atom stereocenters. The van der Waals surface area contributed by atoms with Gasteiger partial charge in [-0.3, -0.25) is 4.79 Å². The van der Waals surface area contributed by atoms with Crippen LogP contribution in [0.2, 0.25) is 0 Å². The fourth-order valence-electron chi connectivity index (χ4n) is 3.63. The number of nitrogens with one attached hydrogen (secondary N) is 1. The summed E-state index contributed by atoms with van der Waals surface area (Å²) >= 11 is 0. The number of hydrogen-bond donors (Lipinski definition) is 2. The van der Waals surface area contributed by atoms with Gasteiger partial charge in [-0.15, -0.1) is 0 Å². The lowest BCUT2D eigenvalue weighted by Crippen LogP contribution is -2.33. The van der Waals surface area contributed by atoms with E-state index in [-0.39, 0.29) is 36.3 Å². The molecule has 0 saturated carbocycles. The molecule has 0 heterocycles. The van der Waals surface area contributed by atoms with Crippen LogP contribution in [0.4, 0.5) is 0 Å². The molecule has 0 fully saturated rings. The van der Waals surface area contributed by atoms with Crippen molar-refractivity contribution in [3.8, 4) is 5.75 Å². The standard InChI is InChI=1S/C33H47NO4/c1-5-7-8-9-10-11-12-15-20-27(3)28(4)21-16-13-14-17-22-29(6-2)32(36)34-25-26-38-33(37)30-23-18-19-24-31(30)35/h7-8,10-11,14-21,23-24,27-29,35H,5-6,9,12-13,22,25-26H2,1-4H3,(H,34,36)/b8-7-,11-10-,17-14-,20-15-,21-16-. The third kappa shape index (κ3) is 14.4. The molecule has 0 aliphatic heterocycles. The molecule has 1 amide bonds. The summed E-state index contributed by atoms with van der Waals surface area (Å²) in [6.07, 6.45) is 27.3. The number of phenols is 1. The minimum atomic E-state index is -0.608. The average Bonchev–Trinajstić information content (AvgIpc) is 2.91. The van der Waals surface area contributed by atoms with Crippen LogP contribution in [-0.2, 0) is 9.53 Å². The lowest BCUT2D eigenvalue weighted by Gasteiger charge is -2.13. The minimum Gasteiger partial charge on any atom is -0.507 e. The maximum atomic E-state index is 12.5. The molecule has 1 aromatic carbocycles. The number of ether oxygens (including phenoxy) is 1. The van der Waals surface area contributed by atoms with Crippen molar-refractivity contribution in [3.63, 3.8) is 0 Å². The molecule has 3 unspecified atom stereocenters. The summed E-state index contributed by atoms with van der Waals surface area (Å²) in [5.41, 5.74) is 0.115. The Bertz CT molecular complexity index is 957. The number of esters is 1. The predicted molar refractivity (Wildman–Crippen MR) is 158 cm³/mol. The molecule has 0 aliphatic carbocycles. The van der Waals surface area contributed by atoms with Crippen molar-refractivity contribution in [1.82, 2.24) is 5.32 Å². The van der Waals surface area contributed by atoms with E-state index in [2.05, 4.69) is 86.8 Å². The molecule has 5 nitrogen and oxygen atoms in total. The number of allylic oxidation sites excluding steroid dienone is 10. The fourth-order valence-corrected chi connectivity index (χ4v) is 3.63. The Morgan fingerprint density at radius 2 is 1.45 bits per heavy atom. The first-order valence-electron chi connectivity index (χ1n) is 13.9. The highest BCUT2D eigenvalue weighted by atomic mass is 16.5. The number of para-hydroxylation sites is 1. The van der Waals surface area contributed by atoms with Crippen molar-refractivity contribution in [2.24, 2.45) is 17.8 Å². The number of phenolic OH excluding ortho intramolecular Hbond substituents is 1. The van der Waals surface area contributed by atoms with Gasteiger partial charge >= 0.3 is 5.97 Å². The molecule has 5 heteroatoms. The Labute approximate surface area is 230 Å². The van der Waals surface area contributed by atoms with E-state index in [0.29, 0.717) is 18.3 Å². The summed E-state index contributed by atoms with van der Waals surface area (Å²) in [7, 11) is 0. The van der Waals surface area contributed by atoms with E-state index in [1.165, 1.54) is 12.1 Å². The molecule has 1 aromatic rings. The lowest BCUT2D eigenvalue weighted by atomic mass is 9.94. The summed E-state index contributed by atoms with van der Waals surface area (Å²) < 4.78 is 5.14. The van der Waals surface area contributed by atoms with Crippen LogP contribution in [0.1, 0.15) is 76.6 Å². The van der Waals surface area contributed by atoms with Crippen LogP contribution >= 0.6 is 0 Å². The molecule has 0 spiro atoms. The summed E-state index contributed by atoms with van der Waals surface area (Å²) in [6.45, 7) is 8.90. The molecular formula is C33H47NO4. The summed E-state index contributed by atoms with van der Waals surface area (Å²) in [4.78, 5) is 24.5. The van der Waals surface area contributed by atoms with Crippen LogP contribution < -0.4 is 5.32 Å². The highest BCUT2D eigenvalue weighted by Crippen LogP contribution is 2.17. The number of hydrogen-bond acceptors (Lipinski definition) is 4. The van der Waals surface area contributed by atoms with E-state index in [1.54, 1.807) is 12.1 Å². The molecule has 1 rings (SSSR count). The molecule has 0 aromatic heterocycles. The van der Waals surface area contributed by atoms with E-state index >= 15 is 0 Å². The largest absolute Gasteiger partial charge is 0.507 e. The van der Waals surface area contributed by atoms with Crippen LogP contribution in [-0.4, -0.2) is 30.1 Å². The molecule has 208 valence electrons. The maximum absolute atomic E-state index is 12.5. The number of rotatable bonds is 18. The molecule has 0 radical (unpaired) electrons. The maximum Gasteiger partial charge on any atom is 0.341 e.